The summed E-state index contributed by atoms with van der Waals surface area (Å²) in [7, 11) is 0. The van der Waals surface area contributed by atoms with Gasteiger partial charge in [0.1, 0.15) is 19.3 Å². The van der Waals surface area contributed by atoms with Crippen LogP contribution < -0.4 is 0 Å². The fraction of sp³-hybridized carbons (Fsp3) is 0.480. The van der Waals surface area contributed by atoms with Gasteiger partial charge in [0.2, 0.25) is 0 Å². The quantitative estimate of drug-likeness (QED) is 0.232. The Labute approximate surface area is 184 Å². The maximum atomic E-state index is 11.8. The van der Waals surface area contributed by atoms with Crippen molar-refractivity contribution in [3.63, 3.8) is 0 Å². The van der Waals surface area contributed by atoms with Crippen molar-refractivity contribution >= 4 is 24.0 Å². The molecule has 0 aliphatic heterocycles. The summed E-state index contributed by atoms with van der Waals surface area (Å²) >= 11 is 0. The normalized spacial score (nSPS) is 18.4. The van der Waals surface area contributed by atoms with Crippen molar-refractivity contribution < 1.29 is 28.6 Å². The van der Waals surface area contributed by atoms with Gasteiger partial charge in [-0.1, -0.05) is 37.8 Å². The van der Waals surface area contributed by atoms with E-state index in [1.807, 2.05) is 19.1 Å². The van der Waals surface area contributed by atoms with E-state index in [0.717, 1.165) is 37.7 Å². The molecule has 1 aromatic rings. The van der Waals surface area contributed by atoms with Gasteiger partial charge in [-0.15, -0.1) is 0 Å². The second-order valence-corrected chi connectivity index (χ2v) is 7.80. The van der Waals surface area contributed by atoms with Crippen molar-refractivity contribution in [3.8, 4) is 0 Å². The fourth-order valence-electron chi connectivity index (χ4n) is 3.45. The number of esters is 3. The van der Waals surface area contributed by atoms with Crippen LogP contribution in [0.15, 0.2) is 42.5 Å². The topological polar surface area (TPSA) is 78.9 Å². The summed E-state index contributed by atoms with van der Waals surface area (Å²) in [5.74, 6) is -0.622. The van der Waals surface area contributed by atoms with Gasteiger partial charge in [0.05, 0.1) is 0 Å². The lowest BCUT2D eigenvalue weighted by atomic mass is 9.82. The first-order chi connectivity index (χ1) is 14.9. The molecule has 0 spiro atoms. The summed E-state index contributed by atoms with van der Waals surface area (Å²) in [5.41, 5.74) is 2.46. The van der Waals surface area contributed by atoms with Gasteiger partial charge in [0, 0.05) is 18.1 Å². The third-order valence-corrected chi connectivity index (χ3v) is 5.16. The molecule has 0 heterocycles. The van der Waals surface area contributed by atoms with Gasteiger partial charge in [-0.05, 0) is 62.1 Å². The van der Waals surface area contributed by atoms with E-state index < -0.39 is 11.9 Å². The molecule has 31 heavy (non-hydrogen) atoms. The van der Waals surface area contributed by atoms with Crippen LogP contribution in [0, 0.1) is 0 Å². The Hall–Kier alpha value is -2.89. The lowest BCUT2D eigenvalue weighted by molar-refractivity contribution is -0.150. The summed E-state index contributed by atoms with van der Waals surface area (Å²) < 4.78 is 15.4. The van der Waals surface area contributed by atoms with Gasteiger partial charge >= 0.3 is 17.9 Å². The zero-order chi connectivity index (χ0) is 22.6. The molecule has 1 aliphatic carbocycles. The van der Waals surface area contributed by atoms with Crippen molar-refractivity contribution in [1.82, 2.24) is 0 Å². The predicted octanol–water partition coefficient (Wildman–Crippen LogP) is 4.73. The van der Waals surface area contributed by atoms with Crippen molar-refractivity contribution in [1.29, 1.82) is 0 Å². The molecule has 0 amide bonds. The van der Waals surface area contributed by atoms with E-state index in [1.54, 1.807) is 13.0 Å². The largest absolute Gasteiger partial charge is 0.462 e. The van der Waals surface area contributed by atoms with E-state index >= 15 is 0 Å². The highest BCUT2D eigenvalue weighted by Crippen LogP contribution is 2.34. The predicted molar refractivity (Wildman–Crippen MR) is 118 cm³/mol. The Morgan fingerprint density at radius 2 is 1.68 bits per heavy atom. The number of hydrogen-bond acceptors (Lipinski definition) is 6. The highest BCUT2D eigenvalue weighted by molar-refractivity contribution is 5.87. The van der Waals surface area contributed by atoms with Crippen LogP contribution in [0.1, 0.15) is 69.4 Å². The summed E-state index contributed by atoms with van der Waals surface area (Å²) in [4.78, 5) is 34.6. The van der Waals surface area contributed by atoms with Gasteiger partial charge in [-0.25, -0.2) is 9.59 Å². The van der Waals surface area contributed by atoms with Crippen LogP contribution in [0.3, 0.4) is 0 Å². The maximum absolute atomic E-state index is 11.8. The average Bonchev–Trinajstić information content (AvgIpc) is 2.76. The molecule has 0 aromatic heterocycles. The molecule has 0 radical (unpaired) electrons. The molecule has 1 fully saturated rings. The van der Waals surface area contributed by atoms with Crippen molar-refractivity contribution in [3.05, 3.63) is 53.6 Å². The van der Waals surface area contributed by atoms with Gasteiger partial charge in [-0.3, -0.25) is 4.79 Å². The Bertz CT molecular complexity index is 785. The Balaban J connectivity index is 1.73. The zero-order valence-electron chi connectivity index (χ0n) is 18.4. The number of benzene rings is 1. The third-order valence-electron chi connectivity index (χ3n) is 5.16. The minimum Gasteiger partial charge on any atom is -0.462 e. The van der Waals surface area contributed by atoms with Crippen molar-refractivity contribution in [2.45, 2.75) is 64.4 Å². The van der Waals surface area contributed by atoms with Gasteiger partial charge in [0.25, 0.3) is 0 Å². The number of carbonyl (C=O) groups is 3. The molecule has 168 valence electrons. The van der Waals surface area contributed by atoms with Gasteiger partial charge in [0.15, 0.2) is 0 Å². The summed E-state index contributed by atoms with van der Waals surface area (Å²) in [6.07, 6.45) is 8.20. The molecule has 0 bridgehead atoms. The van der Waals surface area contributed by atoms with Crippen molar-refractivity contribution in [2.24, 2.45) is 0 Å². The zero-order valence-corrected chi connectivity index (χ0v) is 18.4. The summed E-state index contributed by atoms with van der Waals surface area (Å²) in [6, 6.07) is 8.11. The molecule has 0 unspecified atom stereocenters. The highest BCUT2D eigenvalue weighted by Gasteiger charge is 2.24. The minimum atomic E-state index is -0.502. The lowest BCUT2D eigenvalue weighted by Crippen LogP contribution is -2.23. The van der Waals surface area contributed by atoms with E-state index in [2.05, 4.69) is 18.7 Å². The van der Waals surface area contributed by atoms with Gasteiger partial charge in [-0.2, -0.15) is 0 Å². The van der Waals surface area contributed by atoms with Crippen LogP contribution in [-0.2, 0) is 28.6 Å². The lowest BCUT2D eigenvalue weighted by Gasteiger charge is -2.28. The van der Waals surface area contributed by atoms with E-state index in [4.69, 9.17) is 14.2 Å². The standard InChI is InChI=1S/C25H32O6/c1-4-5-24(27)31-22-13-11-21(12-14-22)20-9-6-19(7-10-20)8-15-23(26)29-16-17-30-25(28)18(2)3/h6-10,15,21-22H,2,4-5,11-14,16-17H2,1,3H3/b15-8+. The summed E-state index contributed by atoms with van der Waals surface area (Å²) in [5, 5.41) is 0. The molecular weight excluding hydrogens is 396 g/mol. The molecule has 1 saturated carbocycles. The van der Waals surface area contributed by atoms with Crippen LogP contribution in [-0.4, -0.2) is 37.2 Å². The Morgan fingerprint density at radius 3 is 2.29 bits per heavy atom. The van der Waals surface area contributed by atoms with Crippen LogP contribution in [0.2, 0.25) is 0 Å². The smallest absolute Gasteiger partial charge is 0.333 e. The SMILES string of the molecule is C=C(C)C(=O)OCCOC(=O)/C=C/c1ccc(C2CCC(OC(=O)CCC)CC2)cc1. The third kappa shape index (κ3) is 8.79. The molecule has 6 nitrogen and oxygen atoms in total. The second kappa shape index (κ2) is 12.7. The molecule has 0 atom stereocenters. The molecule has 1 aromatic carbocycles. The van der Waals surface area contributed by atoms with Crippen LogP contribution in [0.25, 0.3) is 6.08 Å². The number of carbonyl (C=O) groups excluding carboxylic acids is 3. The molecule has 2 rings (SSSR count). The molecule has 1 aliphatic rings. The van der Waals surface area contributed by atoms with E-state index in [9.17, 15) is 14.4 Å². The first-order valence-electron chi connectivity index (χ1n) is 10.9. The van der Waals surface area contributed by atoms with Crippen molar-refractivity contribution in [2.75, 3.05) is 13.2 Å². The first-order valence-corrected chi connectivity index (χ1v) is 10.9. The second-order valence-electron chi connectivity index (χ2n) is 7.80. The fourth-order valence-corrected chi connectivity index (χ4v) is 3.45. The van der Waals surface area contributed by atoms with Gasteiger partial charge < -0.3 is 14.2 Å². The molecule has 0 saturated heterocycles. The van der Waals surface area contributed by atoms with E-state index in [-0.39, 0.29) is 25.3 Å². The van der Waals surface area contributed by atoms with Crippen LogP contribution in [0.4, 0.5) is 0 Å². The summed E-state index contributed by atoms with van der Waals surface area (Å²) in [6.45, 7) is 7.00. The maximum Gasteiger partial charge on any atom is 0.333 e. The average molecular weight is 429 g/mol. The van der Waals surface area contributed by atoms with E-state index in [1.165, 1.54) is 11.6 Å². The molecule has 6 heteroatoms. The minimum absolute atomic E-state index is 0.0000200. The Morgan fingerprint density at radius 1 is 1.03 bits per heavy atom. The number of rotatable bonds is 10. The number of hydrogen-bond donors (Lipinski definition) is 0. The first kappa shape index (κ1) is 24.4. The van der Waals surface area contributed by atoms with Crippen LogP contribution in [0.5, 0.6) is 0 Å². The monoisotopic (exact) mass is 428 g/mol. The number of ether oxygens (including phenoxy) is 3. The molecular formula is C25H32O6. The highest BCUT2D eigenvalue weighted by atomic mass is 16.6. The Kier molecular flexibility index (Phi) is 10.0. The van der Waals surface area contributed by atoms with Crippen LogP contribution >= 0.6 is 0 Å². The van der Waals surface area contributed by atoms with E-state index in [0.29, 0.717) is 17.9 Å². The molecule has 0 N–H and O–H groups in total.